The number of benzene rings is 1. The lowest BCUT2D eigenvalue weighted by Gasteiger charge is -2.07. The number of nitrogens with one attached hydrogen (secondary N) is 2. The summed E-state index contributed by atoms with van der Waals surface area (Å²) in [6.07, 6.45) is 1.24. The standard InChI is InChI=1S/C12H10F2N2O5/c13-11(14)21-8-3-1-7(2-4-8)15-12(20)16-9(17)5-6-10(18)19/h1-6,11H,(H,18,19)(H2,15,16,17,20)/b6-5+. The lowest BCUT2D eigenvalue weighted by atomic mass is 10.3. The van der Waals surface area contributed by atoms with E-state index in [-0.39, 0.29) is 11.4 Å². The largest absolute Gasteiger partial charge is 0.478 e. The van der Waals surface area contributed by atoms with Gasteiger partial charge in [-0.25, -0.2) is 9.59 Å². The van der Waals surface area contributed by atoms with E-state index >= 15 is 0 Å². The average Bonchev–Trinajstić information content (AvgIpc) is 2.38. The minimum Gasteiger partial charge on any atom is -0.478 e. The molecule has 3 N–H and O–H groups in total. The monoisotopic (exact) mass is 300 g/mol. The van der Waals surface area contributed by atoms with Crippen LogP contribution in [0.4, 0.5) is 19.3 Å². The third kappa shape index (κ3) is 6.66. The maximum atomic E-state index is 11.9. The Bertz CT molecular complexity index is 557. The van der Waals surface area contributed by atoms with E-state index in [9.17, 15) is 23.2 Å². The van der Waals surface area contributed by atoms with Crippen LogP contribution in [0.2, 0.25) is 0 Å². The lowest BCUT2D eigenvalue weighted by Crippen LogP contribution is -2.33. The second kappa shape index (κ2) is 7.58. The third-order valence-corrected chi connectivity index (χ3v) is 1.95. The molecule has 0 aliphatic carbocycles. The van der Waals surface area contributed by atoms with Gasteiger partial charge in [-0.05, 0) is 24.3 Å². The van der Waals surface area contributed by atoms with Crippen LogP contribution >= 0.6 is 0 Å². The number of anilines is 1. The SMILES string of the molecule is O=C(O)/C=C/C(=O)NC(=O)Nc1ccc(OC(F)F)cc1. The fourth-order valence-electron chi connectivity index (χ4n) is 1.18. The molecule has 7 nitrogen and oxygen atoms in total. The number of carboxylic acids is 1. The third-order valence-electron chi connectivity index (χ3n) is 1.95. The number of carboxylic acid groups (broad SMARTS) is 1. The smallest absolute Gasteiger partial charge is 0.387 e. The summed E-state index contributed by atoms with van der Waals surface area (Å²) in [6.45, 7) is -2.95. The van der Waals surface area contributed by atoms with Crippen molar-refractivity contribution in [3.05, 3.63) is 36.4 Å². The number of ether oxygens (including phenoxy) is 1. The van der Waals surface area contributed by atoms with Gasteiger partial charge in [-0.3, -0.25) is 10.1 Å². The molecule has 3 amide bonds. The van der Waals surface area contributed by atoms with E-state index in [1.54, 1.807) is 0 Å². The van der Waals surface area contributed by atoms with Gasteiger partial charge in [0.05, 0.1) is 0 Å². The molecule has 0 radical (unpaired) electrons. The molecular weight excluding hydrogens is 290 g/mol. The molecule has 0 spiro atoms. The van der Waals surface area contributed by atoms with Crippen molar-refractivity contribution < 1.29 is 33.0 Å². The Balaban J connectivity index is 2.51. The summed E-state index contributed by atoms with van der Waals surface area (Å²) in [4.78, 5) is 32.6. The van der Waals surface area contributed by atoms with Crippen LogP contribution in [0.3, 0.4) is 0 Å². The minimum atomic E-state index is -2.95. The van der Waals surface area contributed by atoms with Crippen molar-refractivity contribution in [3.63, 3.8) is 0 Å². The highest BCUT2D eigenvalue weighted by Crippen LogP contribution is 2.17. The number of carbonyl (C=O) groups excluding carboxylic acids is 2. The molecule has 1 aromatic carbocycles. The van der Waals surface area contributed by atoms with E-state index in [2.05, 4.69) is 10.1 Å². The number of hydrogen-bond acceptors (Lipinski definition) is 4. The zero-order chi connectivity index (χ0) is 15.8. The van der Waals surface area contributed by atoms with E-state index < -0.39 is 24.5 Å². The van der Waals surface area contributed by atoms with Gasteiger partial charge in [0.15, 0.2) is 0 Å². The van der Waals surface area contributed by atoms with Crippen molar-refractivity contribution in [2.45, 2.75) is 6.61 Å². The second-order valence-electron chi connectivity index (χ2n) is 3.52. The number of carbonyl (C=O) groups is 3. The number of aliphatic carboxylic acids is 1. The molecule has 1 aromatic rings. The van der Waals surface area contributed by atoms with E-state index in [1.165, 1.54) is 24.3 Å². The first-order valence-corrected chi connectivity index (χ1v) is 5.44. The molecule has 9 heteroatoms. The second-order valence-corrected chi connectivity index (χ2v) is 3.52. The highest BCUT2D eigenvalue weighted by Gasteiger charge is 2.07. The lowest BCUT2D eigenvalue weighted by molar-refractivity contribution is -0.131. The molecule has 0 saturated carbocycles. The molecule has 0 bridgehead atoms. The molecule has 0 saturated heterocycles. The molecule has 0 unspecified atom stereocenters. The normalized spacial score (nSPS) is 10.4. The zero-order valence-electron chi connectivity index (χ0n) is 10.4. The zero-order valence-corrected chi connectivity index (χ0v) is 10.4. The Hall–Kier alpha value is -2.97. The van der Waals surface area contributed by atoms with Gasteiger partial charge in [-0.2, -0.15) is 8.78 Å². The predicted octanol–water partition coefficient (Wildman–Crippen LogP) is 1.58. The summed E-state index contributed by atoms with van der Waals surface area (Å²) < 4.78 is 27.9. The first-order valence-electron chi connectivity index (χ1n) is 5.44. The summed E-state index contributed by atoms with van der Waals surface area (Å²) in [5, 5.41) is 12.4. The Kier molecular flexibility index (Phi) is 5.80. The Morgan fingerprint density at radius 3 is 2.29 bits per heavy atom. The van der Waals surface area contributed by atoms with Crippen LogP contribution < -0.4 is 15.4 Å². The highest BCUT2D eigenvalue weighted by atomic mass is 19.3. The Labute approximate surface area is 117 Å². The molecule has 0 atom stereocenters. The molecule has 0 aliphatic rings. The first-order chi connectivity index (χ1) is 9.86. The van der Waals surface area contributed by atoms with Gasteiger partial charge in [0.1, 0.15) is 5.75 Å². The molecular formula is C12H10F2N2O5. The van der Waals surface area contributed by atoms with Gasteiger partial charge in [0.2, 0.25) is 0 Å². The number of amides is 3. The molecule has 0 fully saturated rings. The number of urea groups is 1. The van der Waals surface area contributed by atoms with Gasteiger partial charge >= 0.3 is 18.6 Å². The topological polar surface area (TPSA) is 105 Å². The van der Waals surface area contributed by atoms with Crippen LogP contribution in [0.25, 0.3) is 0 Å². The van der Waals surface area contributed by atoms with Gasteiger partial charge in [0, 0.05) is 17.8 Å². The van der Waals surface area contributed by atoms with E-state index in [0.717, 1.165) is 0 Å². The summed E-state index contributed by atoms with van der Waals surface area (Å²) in [5.74, 6) is -2.34. The van der Waals surface area contributed by atoms with Gasteiger partial charge in [0.25, 0.3) is 5.91 Å². The minimum absolute atomic E-state index is 0.0866. The van der Waals surface area contributed by atoms with E-state index in [4.69, 9.17) is 5.11 Å². The van der Waals surface area contributed by atoms with Crippen LogP contribution in [0, 0.1) is 0 Å². The molecule has 112 valence electrons. The van der Waals surface area contributed by atoms with Crippen molar-refractivity contribution in [3.8, 4) is 5.75 Å². The highest BCUT2D eigenvalue weighted by molar-refractivity contribution is 6.06. The van der Waals surface area contributed by atoms with Crippen LogP contribution in [-0.4, -0.2) is 29.6 Å². The first kappa shape index (κ1) is 16.1. The van der Waals surface area contributed by atoms with Gasteiger partial charge in [-0.15, -0.1) is 0 Å². The van der Waals surface area contributed by atoms with Crippen molar-refractivity contribution in [2.75, 3.05) is 5.32 Å². The van der Waals surface area contributed by atoms with Gasteiger partial charge < -0.3 is 15.2 Å². The summed E-state index contributed by atoms with van der Waals surface area (Å²) in [5.41, 5.74) is 0.226. The molecule has 0 aliphatic heterocycles. The molecule has 0 aromatic heterocycles. The van der Waals surface area contributed by atoms with Crippen LogP contribution in [0.1, 0.15) is 0 Å². The van der Waals surface area contributed by atoms with Crippen molar-refractivity contribution >= 4 is 23.6 Å². The predicted molar refractivity (Wildman–Crippen MR) is 67.0 cm³/mol. The quantitative estimate of drug-likeness (QED) is 0.716. The van der Waals surface area contributed by atoms with Gasteiger partial charge in [-0.1, -0.05) is 0 Å². The van der Waals surface area contributed by atoms with Crippen molar-refractivity contribution in [1.82, 2.24) is 5.32 Å². The van der Waals surface area contributed by atoms with E-state index in [0.29, 0.717) is 12.2 Å². The maximum Gasteiger partial charge on any atom is 0.387 e. The average molecular weight is 300 g/mol. The Morgan fingerprint density at radius 1 is 1.14 bits per heavy atom. The summed E-state index contributed by atoms with van der Waals surface area (Å²) >= 11 is 0. The molecule has 1 rings (SSSR count). The Morgan fingerprint density at radius 2 is 1.76 bits per heavy atom. The number of hydrogen-bond donors (Lipinski definition) is 3. The van der Waals surface area contributed by atoms with Crippen LogP contribution in [-0.2, 0) is 9.59 Å². The number of alkyl halides is 2. The summed E-state index contributed by atoms with van der Waals surface area (Å²) in [7, 11) is 0. The summed E-state index contributed by atoms with van der Waals surface area (Å²) in [6, 6.07) is 4.07. The van der Waals surface area contributed by atoms with Crippen LogP contribution in [0.15, 0.2) is 36.4 Å². The number of imide groups is 1. The fraction of sp³-hybridized carbons (Fsp3) is 0.0833. The van der Waals surface area contributed by atoms with Crippen molar-refractivity contribution in [2.24, 2.45) is 0 Å². The van der Waals surface area contributed by atoms with Crippen molar-refractivity contribution in [1.29, 1.82) is 0 Å². The number of halogens is 2. The fourth-order valence-corrected chi connectivity index (χ4v) is 1.18. The maximum absolute atomic E-state index is 11.9. The van der Waals surface area contributed by atoms with E-state index in [1.807, 2.05) is 5.32 Å². The van der Waals surface area contributed by atoms with Crippen LogP contribution in [0.5, 0.6) is 5.75 Å². The molecule has 0 heterocycles. The molecule has 21 heavy (non-hydrogen) atoms. The number of rotatable bonds is 5.